The summed E-state index contributed by atoms with van der Waals surface area (Å²) in [7, 11) is 1.57. The molecule has 0 atom stereocenters. The van der Waals surface area contributed by atoms with Crippen molar-refractivity contribution in [2.24, 2.45) is 5.16 Å². The van der Waals surface area contributed by atoms with E-state index in [1.807, 2.05) is 42.5 Å². The molecule has 0 unspecified atom stereocenters. The molecule has 0 amide bonds. The van der Waals surface area contributed by atoms with E-state index in [1.54, 1.807) is 7.11 Å². The van der Waals surface area contributed by atoms with E-state index in [4.69, 9.17) is 4.84 Å². The topological polar surface area (TPSA) is 21.6 Å². The Morgan fingerprint density at radius 1 is 1.06 bits per heavy atom. The minimum absolute atomic E-state index is 0.829. The molecule has 2 nitrogen and oxygen atoms in total. The lowest BCUT2D eigenvalue weighted by Crippen LogP contribution is -2.04. The average Bonchev–Trinajstić information content (AvgIpc) is 2.46. The van der Waals surface area contributed by atoms with Crippen LogP contribution >= 0.6 is 15.9 Å². The maximum atomic E-state index is 4.96. The van der Waals surface area contributed by atoms with Gasteiger partial charge in [-0.1, -0.05) is 69.6 Å². The Balaban J connectivity index is 2.45. The Kier molecular flexibility index (Phi) is 4.53. The van der Waals surface area contributed by atoms with E-state index in [1.165, 1.54) is 5.56 Å². The highest BCUT2D eigenvalue weighted by Crippen LogP contribution is 2.14. The lowest BCUT2D eigenvalue weighted by atomic mass is 10.0. The number of rotatable bonds is 4. The van der Waals surface area contributed by atoms with Gasteiger partial charge in [-0.15, -0.1) is 0 Å². The normalized spacial score (nSPS) is 11.3. The van der Waals surface area contributed by atoms with Crippen LogP contribution in [0.5, 0.6) is 0 Å². The molecule has 0 aliphatic heterocycles. The van der Waals surface area contributed by atoms with Crippen molar-refractivity contribution in [1.82, 2.24) is 0 Å². The van der Waals surface area contributed by atoms with Crippen LogP contribution < -0.4 is 0 Å². The van der Waals surface area contributed by atoms with E-state index < -0.39 is 0 Å². The van der Waals surface area contributed by atoms with Gasteiger partial charge in [0.25, 0.3) is 0 Å². The van der Waals surface area contributed by atoms with Gasteiger partial charge < -0.3 is 4.84 Å². The van der Waals surface area contributed by atoms with E-state index >= 15 is 0 Å². The highest BCUT2D eigenvalue weighted by atomic mass is 79.9. The summed E-state index contributed by atoms with van der Waals surface area (Å²) >= 11 is 3.46. The number of oxime groups is 1. The summed E-state index contributed by atoms with van der Waals surface area (Å²) in [5.41, 5.74) is 4.17. The lowest BCUT2D eigenvalue weighted by Gasteiger charge is -2.07. The van der Waals surface area contributed by atoms with Crippen molar-refractivity contribution >= 4 is 21.6 Å². The smallest absolute Gasteiger partial charge is 0.117 e. The molecule has 0 bridgehead atoms. The molecule has 0 spiro atoms. The molecular weight excluding hydrogens is 290 g/mol. The molecule has 0 fully saturated rings. The standard InChI is InChI=1S/C15H14BrNO/c1-18-17-15(13-7-3-2-4-8-13)14-9-5-6-12(10-14)11-16/h2-10H,11H2,1H3/b17-15-. The van der Waals surface area contributed by atoms with Gasteiger partial charge >= 0.3 is 0 Å². The SMILES string of the molecule is CO/N=C(/c1ccccc1)c1cccc(CBr)c1. The van der Waals surface area contributed by atoms with Crippen LogP contribution in [-0.2, 0) is 10.2 Å². The van der Waals surface area contributed by atoms with Gasteiger partial charge in [0.2, 0.25) is 0 Å². The maximum Gasteiger partial charge on any atom is 0.117 e. The highest BCUT2D eigenvalue weighted by molar-refractivity contribution is 9.08. The molecule has 18 heavy (non-hydrogen) atoms. The molecule has 2 rings (SSSR count). The Hall–Kier alpha value is -1.61. The fourth-order valence-electron chi connectivity index (χ4n) is 1.76. The molecule has 2 aromatic rings. The molecule has 0 saturated heterocycles. The fraction of sp³-hybridized carbons (Fsp3) is 0.133. The third kappa shape index (κ3) is 2.99. The van der Waals surface area contributed by atoms with Crippen molar-refractivity contribution in [2.45, 2.75) is 5.33 Å². The van der Waals surface area contributed by atoms with Gasteiger partial charge in [-0.2, -0.15) is 0 Å². The number of hydrogen-bond acceptors (Lipinski definition) is 2. The van der Waals surface area contributed by atoms with Crippen LogP contribution in [0.2, 0.25) is 0 Å². The van der Waals surface area contributed by atoms with Crippen molar-refractivity contribution in [2.75, 3.05) is 7.11 Å². The third-order valence-electron chi connectivity index (χ3n) is 2.58. The monoisotopic (exact) mass is 303 g/mol. The first kappa shape index (κ1) is 12.8. The summed E-state index contributed by atoms with van der Waals surface area (Å²) in [4.78, 5) is 4.96. The molecule has 0 aliphatic carbocycles. The maximum absolute atomic E-state index is 4.96. The second-order valence-corrected chi connectivity index (χ2v) is 4.38. The summed E-state index contributed by atoms with van der Waals surface area (Å²) in [5, 5.41) is 4.97. The van der Waals surface area contributed by atoms with Crippen molar-refractivity contribution < 1.29 is 4.84 Å². The first-order valence-corrected chi connectivity index (χ1v) is 6.79. The molecule has 92 valence electrons. The Bertz CT molecular complexity index is 537. The highest BCUT2D eigenvalue weighted by Gasteiger charge is 2.07. The fourth-order valence-corrected chi connectivity index (χ4v) is 2.11. The van der Waals surface area contributed by atoms with Crippen LogP contribution in [-0.4, -0.2) is 12.8 Å². The lowest BCUT2D eigenvalue weighted by molar-refractivity contribution is 0.214. The zero-order chi connectivity index (χ0) is 12.8. The van der Waals surface area contributed by atoms with E-state index in [9.17, 15) is 0 Å². The minimum atomic E-state index is 0.829. The molecule has 2 aromatic carbocycles. The van der Waals surface area contributed by atoms with Gasteiger partial charge in [-0.05, 0) is 11.6 Å². The van der Waals surface area contributed by atoms with Crippen molar-refractivity contribution in [1.29, 1.82) is 0 Å². The summed E-state index contributed by atoms with van der Waals surface area (Å²) < 4.78 is 0. The van der Waals surface area contributed by atoms with Crippen molar-refractivity contribution in [3.05, 3.63) is 71.3 Å². The molecule has 0 aliphatic rings. The zero-order valence-corrected chi connectivity index (χ0v) is 11.7. The number of alkyl halides is 1. The molecule has 0 radical (unpaired) electrons. The second-order valence-electron chi connectivity index (χ2n) is 3.82. The van der Waals surface area contributed by atoms with Crippen LogP contribution in [0, 0.1) is 0 Å². The number of hydrogen-bond donors (Lipinski definition) is 0. The number of halogens is 1. The molecule has 0 N–H and O–H groups in total. The van der Waals surface area contributed by atoms with E-state index in [0.29, 0.717) is 0 Å². The van der Waals surface area contributed by atoms with Gasteiger partial charge in [-0.3, -0.25) is 0 Å². The van der Waals surface area contributed by atoms with Crippen LogP contribution in [0.3, 0.4) is 0 Å². The first-order valence-electron chi connectivity index (χ1n) is 5.67. The predicted octanol–water partition coefficient (Wildman–Crippen LogP) is 3.98. The third-order valence-corrected chi connectivity index (χ3v) is 3.23. The number of nitrogens with zero attached hydrogens (tertiary/aromatic N) is 1. The van der Waals surface area contributed by atoms with Crippen LogP contribution in [0.1, 0.15) is 16.7 Å². The molecular formula is C15H14BrNO. The predicted molar refractivity (Wildman–Crippen MR) is 78.2 cm³/mol. The Morgan fingerprint density at radius 2 is 1.78 bits per heavy atom. The van der Waals surface area contributed by atoms with E-state index in [2.05, 4.69) is 33.2 Å². The molecule has 0 saturated carbocycles. The van der Waals surface area contributed by atoms with Gasteiger partial charge in [-0.25, -0.2) is 0 Å². The van der Waals surface area contributed by atoms with E-state index in [-0.39, 0.29) is 0 Å². The van der Waals surface area contributed by atoms with Gasteiger partial charge in [0.1, 0.15) is 12.8 Å². The Morgan fingerprint density at radius 3 is 2.44 bits per heavy atom. The van der Waals surface area contributed by atoms with Gasteiger partial charge in [0.05, 0.1) is 0 Å². The van der Waals surface area contributed by atoms with Crippen LogP contribution in [0.15, 0.2) is 59.8 Å². The van der Waals surface area contributed by atoms with E-state index in [0.717, 1.165) is 22.2 Å². The molecule has 3 heteroatoms. The Labute approximate surface area is 115 Å². The average molecular weight is 304 g/mol. The second kappa shape index (κ2) is 6.36. The molecule has 0 aromatic heterocycles. The largest absolute Gasteiger partial charge is 0.399 e. The van der Waals surface area contributed by atoms with Crippen LogP contribution in [0.4, 0.5) is 0 Å². The molecule has 0 heterocycles. The summed E-state index contributed by atoms with van der Waals surface area (Å²) in [6, 6.07) is 18.3. The van der Waals surface area contributed by atoms with Crippen molar-refractivity contribution in [3.8, 4) is 0 Å². The summed E-state index contributed by atoms with van der Waals surface area (Å²) in [6.07, 6.45) is 0. The first-order chi connectivity index (χ1) is 8.85. The van der Waals surface area contributed by atoms with Gasteiger partial charge in [0, 0.05) is 16.5 Å². The van der Waals surface area contributed by atoms with Crippen molar-refractivity contribution in [3.63, 3.8) is 0 Å². The zero-order valence-electron chi connectivity index (χ0n) is 10.1. The van der Waals surface area contributed by atoms with Crippen LogP contribution in [0.25, 0.3) is 0 Å². The number of benzene rings is 2. The summed E-state index contributed by atoms with van der Waals surface area (Å²) in [6.45, 7) is 0. The minimum Gasteiger partial charge on any atom is -0.399 e. The van der Waals surface area contributed by atoms with Gasteiger partial charge in [0.15, 0.2) is 0 Å². The quantitative estimate of drug-likeness (QED) is 0.475. The summed E-state index contributed by atoms with van der Waals surface area (Å²) in [5.74, 6) is 0.